The van der Waals surface area contributed by atoms with Crippen molar-refractivity contribution in [1.82, 2.24) is 4.57 Å². The van der Waals surface area contributed by atoms with Gasteiger partial charge in [-0.15, -0.1) is 0 Å². The first-order valence-electron chi connectivity index (χ1n) is 7.32. The fourth-order valence-electron chi connectivity index (χ4n) is 2.69. The number of carbonyl (C=O) groups is 1. The van der Waals surface area contributed by atoms with Gasteiger partial charge in [0.1, 0.15) is 5.75 Å². The van der Waals surface area contributed by atoms with Crippen LogP contribution in [0.2, 0.25) is 0 Å². The number of hydrogen-bond donors (Lipinski definition) is 1. The summed E-state index contributed by atoms with van der Waals surface area (Å²) in [6, 6.07) is 14.3. The molecule has 0 aliphatic heterocycles. The molecule has 1 N–H and O–H groups in total. The third-order valence-corrected chi connectivity index (χ3v) is 3.85. The molecule has 1 aromatic heterocycles. The first-order chi connectivity index (χ1) is 10.4. The van der Waals surface area contributed by atoms with Gasteiger partial charge in [-0.25, -0.2) is 0 Å². The van der Waals surface area contributed by atoms with Crippen LogP contribution in [0.1, 0.15) is 36.7 Å². The van der Waals surface area contributed by atoms with Crippen molar-refractivity contribution < 1.29 is 9.90 Å². The molecular weight excluding hydrogens is 274 g/mol. The van der Waals surface area contributed by atoms with Crippen molar-refractivity contribution in [3.05, 3.63) is 65.9 Å². The molecule has 0 amide bonds. The second-order valence-electron chi connectivity index (χ2n) is 6.53. The lowest BCUT2D eigenvalue weighted by Gasteiger charge is -2.17. The molecule has 3 nitrogen and oxygen atoms in total. The number of aromatic nitrogens is 1. The van der Waals surface area contributed by atoms with Crippen LogP contribution in [-0.4, -0.2) is 15.6 Å². The SMILES string of the molecule is CC(C)(C)c1cn(C(=O)c2ccc(O)cc2)c2ccccc12. The fraction of sp³-hybridized carbons (Fsp3) is 0.211. The molecule has 0 aliphatic rings. The molecule has 0 saturated heterocycles. The predicted octanol–water partition coefficient (Wildman–Crippen LogP) is 4.33. The summed E-state index contributed by atoms with van der Waals surface area (Å²) in [6.07, 6.45) is 1.93. The van der Waals surface area contributed by atoms with E-state index in [4.69, 9.17) is 0 Å². The number of carbonyl (C=O) groups excluding carboxylic acids is 1. The van der Waals surface area contributed by atoms with Crippen LogP contribution in [0.3, 0.4) is 0 Å². The maximum absolute atomic E-state index is 12.8. The number of benzene rings is 2. The lowest BCUT2D eigenvalue weighted by atomic mass is 9.87. The highest BCUT2D eigenvalue weighted by Crippen LogP contribution is 2.32. The molecule has 0 aliphatic carbocycles. The molecule has 112 valence electrons. The summed E-state index contributed by atoms with van der Waals surface area (Å²) in [5, 5.41) is 10.5. The van der Waals surface area contributed by atoms with Crippen LogP contribution in [0.4, 0.5) is 0 Å². The molecule has 22 heavy (non-hydrogen) atoms. The van der Waals surface area contributed by atoms with Gasteiger partial charge in [0.05, 0.1) is 5.52 Å². The maximum Gasteiger partial charge on any atom is 0.262 e. The Balaban J connectivity index is 2.19. The molecule has 0 fully saturated rings. The van der Waals surface area contributed by atoms with Crippen molar-refractivity contribution in [3.63, 3.8) is 0 Å². The Kier molecular flexibility index (Phi) is 3.28. The van der Waals surface area contributed by atoms with Gasteiger partial charge in [0.2, 0.25) is 0 Å². The molecule has 3 rings (SSSR count). The Hall–Kier alpha value is -2.55. The van der Waals surface area contributed by atoms with Crippen LogP contribution >= 0.6 is 0 Å². The van der Waals surface area contributed by atoms with E-state index in [0.29, 0.717) is 5.56 Å². The zero-order chi connectivity index (χ0) is 15.9. The summed E-state index contributed by atoms with van der Waals surface area (Å²) in [6.45, 7) is 6.43. The molecule has 1 heterocycles. The van der Waals surface area contributed by atoms with Gasteiger partial charge in [0.25, 0.3) is 5.91 Å². The number of para-hydroxylation sites is 1. The minimum atomic E-state index is -0.0910. The van der Waals surface area contributed by atoms with Crippen LogP contribution in [0.15, 0.2) is 54.7 Å². The summed E-state index contributed by atoms with van der Waals surface area (Å²) in [5.74, 6) is 0.0657. The minimum absolute atomic E-state index is 0.0416. The highest BCUT2D eigenvalue weighted by atomic mass is 16.3. The quantitative estimate of drug-likeness (QED) is 0.725. The molecule has 3 aromatic rings. The molecule has 0 radical (unpaired) electrons. The summed E-state index contributed by atoms with van der Waals surface area (Å²) in [4.78, 5) is 12.8. The minimum Gasteiger partial charge on any atom is -0.508 e. The van der Waals surface area contributed by atoms with E-state index in [1.54, 1.807) is 16.7 Å². The highest BCUT2D eigenvalue weighted by Gasteiger charge is 2.22. The van der Waals surface area contributed by atoms with Gasteiger partial charge in [0, 0.05) is 17.1 Å². The van der Waals surface area contributed by atoms with Gasteiger partial charge in [-0.05, 0) is 41.3 Å². The first kappa shape index (κ1) is 14.4. The highest BCUT2D eigenvalue weighted by molar-refractivity contribution is 6.03. The van der Waals surface area contributed by atoms with Crippen LogP contribution < -0.4 is 0 Å². The van der Waals surface area contributed by atoms with E-state index < -0.39 is 0 Å². The zero-order valence-corrected chi connectivity index (χ0v) is 13.0. The Morgan fingerprint density at radius 1 is 1.00 bits per heavy atom. The monoisotopic (exact) mass is 293 g/mol. The molecule has 0 unspecified atom stereocenters. The van der Waals surface area contributed by atoms with Gasteiger partial charge in [0.15, 0.2) is 0 Å². The van der Waals surface area contributed by atoms with Crippen molar-refractivity contribution in [1.29, 1.82) is 0 Å². The average molecular weight is 293 g/mol. The third kappa shape index (κ3) is 2.39. The number of fused-ring (bicyclic) bond motifs is 1. The van der Waals surface area contributed by atoms with E-state index in [0.717, 1.165) is 16.5 Å². The van der Waals surface area contributed by atoms with E-state index in [1.807, 2.05) is 24.4 Å². The van der Waals surface area contributed by atoms with Gasteiger partial charge in [-0.1, -0.05) is 39.0 Å². The molecule has 0 spiro atoms. The second-order valence-corrected chi connectivity index (χ2v) is 6.53. The summed E-state index contributed by atoms with van der Waals surface area (Å²) in [7, 11) is 0. The number of phenolic OH excluding ortho intramolecular Hbond substituents is 1. The Labute approximate surface area is 129 Å². The molecule has 0 saturated carbocycles. The van der Waals surface area contributed by atoms with Crippen LogP contribution in [0.5, 0.6) is 5.75 Å². The van der Waals surface area contributed by atoms with E-state index in [2.05, 4.69) is 26.8 Å². The lowest BCUT2D eigenvalue weighted by molar-refractivity contribution is 0.0964. The number of hydrogen-bond acceptors (Lipinski definition) is 2. The normalized spacial score (nSPS) is 11.8. The summed E-state index contributed by atoms with van der Waals surface area (Å²) in [5.41, 5.74) is 2.57. The Morgan fingerprint density at radius 2 is 1.64 bits per heavy atom. The number of phenols is 1. The fourth-order valence-corrected chi connectivity index (χ4v) is 2.69. The lowest BCUT2D eigenvalue weighted by Crippen LogP contribution is -2.12. The molecule has 0 bridgehead atoms. The van der Waals surface area contributed by atoms with Gasteiger partial charge < -0.3 is 5.11 Å². The second kappa shape index (κ2) is 5.02. The van der Waals surface area contributed by atoms with Crippen molar-refractivity contribution in [2.45, 2.75) is 26.2 Å². The van der Waals surface area contributed by atoms with E-state index in [1.165, 1.54) is 12.1 Å². The van der Waals surface area contributed by atoms with Gasteiger partial charge >= 0.3 is 0 Å². The van der Waals surface area contributed by atoms with Crippen molar-refractivity contribution in [2.75, 3.05) is 0 Å². The van der Waals surface area contributed by atoms with E-state index in [-0.39, 0.29) is 17.1 Å². The Bertz CT molecular complexity index is 836. The molecule has 0 atom stereocenters. The van der Waals surface area contributed by atoms with Crippen molar-refractivity contribution >= 4 is 16.8 Å². The van der Waals surface area contributed by atoms with Crippen molar-refractivity contribution in [3.8, 4) is 5.75 Å². The zero-order valence-electron chi connectivity index (χ0n) is 13.0. The number of nitrogens with zero attached hydrogens (tertiary/aromatic N) is 1. The first-order valence-corrected chi connectivity index (χ1v) is 7.32. The molecular formula is C19H19NO2. The van der Waals surface area contributed by atoms with E-state index >= 15 is 0 Å². The maximum atomic E-state index is 12.8. The summed E-state index contributed by atoms with van der Waals surface area (Å²) >= 11 is 0. The predicted molar refractivity (Wildman–Crippen MR) is 88.5 cm³/mol. The Morgan fingerprint density at radius 3 is 2.27 bits per heavy atom. The standard InChI is InChI=1S/C19H19NO2/c1-19(2,3)16-12-20(17-7-5-4-6-15(16)17)18(22)13-8-10-14(21)11-9-13/h4-12,21H,1-3H3. The van der Waals surface area contributed by atoms with Crippen molar-refractivity contribution in [2.24, 2.45) is 0 Å². The summed E-state index contributed by atoms with van der Waals surface area (Å²) < 4.78 is 1.70. The largest absolute Gasteiger partial charge is 0.508 e. The number of aromatic hydroxyl groups is 1. The van der Waals surface area contributed by atoms with Gasteiger partial charge in [-0.2, -0.15) is 0 Å². The molecule has 2 aromatic carbocycles. The molecule has 3 heteroatoms. The van der Waals surface area contributed by atoms with Crippen LogP contribution in [0.25, 0.3) is 10.9 Å². The van der Waals surface area contributed by atoms with E-state index in [9.17, 15) is 9.90 Å². The third-order valence-electron chi connectivity index (χ3n) is 3.85. The number of rotatable bonds is 1. The smallest absolute Gasteiger partial charge is 0.262 e. The van der Waals surface area contributed by atoms with Crippen LogP contribution in [0, 0.1) is 0 Å². The topological polar surface area (TPSA) is 42.2 Å². The van der Waals surface area contributed by atoms with Crippen LogP contribution in [-0.2, 0) is 5.41 Å². The average Bonchev–Trinajstić information content (AvgIpc) is 2.87. The van der Waals surface area contributed by atoms with Gasteiger partial charge in [-0.3, -0.25) is 9.36 Å².